The van der Waals surface area contributed by atoms with Gasteiger partial charge in [0, 0.05) is 0 Å². The maximum absolute atomic E-state index is 6.01. The highest BCUT2D eigenvalue weighted by Gasteiger charge is 2.16. The Labute approximate surface area is 135 Å². The van der Waals surface area contributed by atoms with E-state index in [1.807, 2.05) is 13.0 Å². The smallest absolute Gasteiger partial charge is 0.228 e. The average Bonchev–Trinajstić information content (AvgIpc) is 2.40. The van der Waals surface area contributed by atoms with E-state index in [2.05, 4.69) is 42.9 Å². The fourth-order valence-electron chi connectivity index (χ4n) is 1.91. The SMILES string of the molecule is Cc1cc(C(C)(C)C)ccc1Oc1ncnc(Cl)c1CCl. The maximum atomic E-state index is 6.01. The Balaban J connectivity index is 2.35. The van der Waals surface area contributed by atoms with Crippen LogP contribution >= 0.6 is 23.2 Å². The van der Waals surface area contributed by atoms with Crippen LogP contribution in [-0.4, -0.2) is 9.97 Å². The predicted octanol–water partition coefficient (Wildman–Crippen LogP) is 5.27. The van der Waals surface area contributed by atoms with Crippen molar-refractivity contribution in [2.45, 2.75) is 39.0 Å². The van der Waals surface area contributed by atoms with Gasteiger partial charge in [0.25, 0.3) is 0 Å². The van der Waals surface area contributed by atoms with E-state index in [1.54, 1.807) is 0 Å². The number of hydrogen-bond acceptors (Lipinski definition) is 3. The number of aromatic nitrogens is 2. The van der Waals surface area contributed by atoms with Gasteiger partial charge in [-0.05, 0) is 29.5 Å². The topological polar surface area (TPSA) is 35.0 Å². The highest BCUT2D eigenvalue weighted by Crippen LogP contribution is 2.32. The van der Waals surface area contributed by atoms with Gasteiger partial charge in [-0.3, -0.25) is 0 Å². The molecule has 0 atom stereocenters. The maximum Gasteiger partial charge on any atom is 0.228 e. The van der Waals surface area contributed by atoms with E-state index in [0.29, 0.717) is 16.6 Å². The molecule has 1 aromatic carbocycles. The lowest BCUT2D eigenvalue weighted by atomic mass is 9.86. The second-order valence-corrected chi connectivity index (χ2v) is 6.54. The Kier molecular flexibility index (Phi) is 4.74. The zero-order valence-corrected chi connectivity index (χ0v) is 14.1. The number of rotatable bonds is 3. The summed E-state index contributed by atoms with van der Waals surface area (Å²) in [6.45, 7) is 8.54. The molecule has 0 N–H and O–H groups in total. The van der Waals surface area contributed by atoms with Crippen LogP contribution in [0.5, 0.6) is 11.6 Å². The van der Waals surface area contributed by atoms with E-state index in [-0.39, 0.29) is 11.3 Å². The summed E-state index contributed by atoms with van der Waals surface area (Å²) in [5.74, 6) is 1.34. The summed E-state index contributed by atoms with van der Waals surface area (Å²) in [5.41, 5.74) is 2.99. The third kappa shape index (κ3) is 3.66. The summed E-state index contributed by atoms with van der Waals surface area (Å²) >= 11 is 11.9. The first-order valence-electron chi connectivity index (χ1n) is 6.67. The number of alkyl halides is 1. The van der Waals surface area contributed by atoms with Gasteiger partial charge in [-0.25, -0.2) is 9.97 Å². The first-order chi connectivity index (χ1) is 9.82. The van der Waals surface area contributed by atoms with E-state index >= 15 is 0 Å². The molecule has 0 spiro atoms. The molecule has 2 rings (SSSR count). The molecule has 0 radical (unpaired) electrons. The van der Waals surface area contributed by atoms with Gasteiger partial charge in [-0.1, -0.05) is 44.5 Å². The Morgan fingerprint density at radius 3 is 2.48 bits per heavy atom. The molecule has 0 unspecified atom stereocenters. The first kappa shape index (κ1) is 16.1. The van der Waals surface area contributed by atoms with Crippen molar-refractivity contribution in [2.75, 3.05) is 0 Å². The summed E-state index contributed by atoms with van der Waals surface area (Å²) in [4.78, 5) is 8.03. The zero-order valence-electron chi connectivity index (χ0n) is 12.6. The molecule has 0 aliphatic carbocycles. The van der Waals surface area contributed by atoms with Crippen molar-refractivity contribution in [3.8, 4) is 11.6 Å². The van der Waals surface area contributed by atoms with Crippen LogP contribution in [0, 0.1) is 6.92 Å². The van der Waals surface area contributed by atoms with Crippen molar-refractivity contribution in [2.24, 2.45) is 0 Å². The minimum Gasteiger partial charge on any atom is -0.438 e. The molecule has 5 heteroatoms. The normalized spacial score (nSPS) is 11.5. The summed E-state index contributed by atoms with van der Waals surface area (Å²) in [6, 6.07) is 6.13. The molecule has 0 saturated heterocycles. The molecular weight excluding hydrogens is 307 g/mol. The molecule has 0 fully saturated rings. The number of ether oxygens (including phenoxy) is 1. The Bertz CT molecular complexity index is 651. The van der Waals surface area contributed by atoms with Gasteiger partial charge in [0.05, 0.1) is 11.4 Å². The van der Waals surface area contributed by atoms with Gasteiger partial charge in [0.15, 0.2) is 0 Å². The molecule has 0 aliphatic rings. The first-order valence-corrected chi connectivity index (χ1v) is 7.58. The molecule has 0 aliphatic heterocycles. The second-order valence-electron chi connectivity index (χ2n) is 5.91. The summed E-state index contributed by atoms with van der Waals surface area (Å²) in [6.07, 6.45) is 1.37. The second kappa shape index (κ2) is 6.20. The van der Waals surface area contributed by atoms with E-state index in [1.165, 1.54) is 11.9 Å². The number of hydrogen-bond donors (Lipinski definition) is 0. The van der Waals surface area contributed by atoms with Crippen LogP contribution in [-0.2, 0) is 11.3 Å². The quantitative estimate of drug-likeness (QED) is 0.570. The van der Waals surface area contributed by atoms with Crippen LogP contribution in [0.3, 0.4) is 0 Å². The number of aryl methyl sites for hydroxylation is 1. The lowest BCUT2D eigenvalue weighted by molar-refractivity contribution is 0.452. The Morgan fingerprint density at radius 2 is 1.90 bits per heavy atom. The standard InChI is InChI=1S/C16H18Cl2N2O/c1-10-7-11(16(2,3)4)5-6-13(10)21-15-12(8-17)14(18)19-9-20-15/h5-7,9H,8H2,1-4H3. The largest absolute Gasteiger partial charge is 0.438 e. The van der Waals surface area contributed by atoms with Crippen LogP contribution in [0.4, 0.5) is 0 Å². The van der Waals surface area contributed by atoms with Gasteiger partial charge < -0.3 is 4.74 Å². The summed E-state index contributed by atoms with van der Waals surface area (Å²) in [7, 11) is 0. The highest BCUT2D eigenvalue weighted by molar-refractivity contribution is 6.31. The fraction of sp³-hybridized carbons (Fsp3) is 0.375. The van der Waals surface area contributed by atoms with Gasteiger partial charge in [-0.2, -0.15) is 0 Å². The molecule has 0 bridgehead atoms. The van der Waals surface area contributed by atoms with Crippen molar-refractivity contribution in [1.82, 2.24) is 9.97 Å². The summed E-state index contributed by atoms with van der Waals surface area (Å²) in [5, 5.41) is 0.318. The number of benzene rings is 1. The third-order valence-corrected chi connectivity index (χ3v) is 3.83. The van der Waals surface area contributed by atoms with Crippen molar-refractivity contribution in [1.29, 1.82) is 0 Å². The Morgan fingerprint density at radius 1 is 1.19 bits per heavy atom. The lowest BCUT2D eigenvalue weighted by Gasteiger charge is -2.20. The minimum absolute atomic E-state index is 0.100. The van der Waals surface area contributed by atoms with Crippen molar-refractivity contribution in [3.05, 3.63) is 46.4 Å². The molecule has 0 amide bonds. The lowest BCUT2D eigenvalue weighted by Crippen LogP contribution is -2.11. The van der Waals surface area contributed by atoms with Crippen molar-refractivity contribution >= 4 is 23.2 Å². The van der Waals surface area contributed by atoms with E-state index < -0.39 is 0 Å². The van der Waals surface area contributed by atoms with Crippen LogP contribution < -0.4 is 4.74 Å². The monoisotopic (exact) mass is 324 g/mol. The minimum atomic E-state index is 0.100. The van der Waals surface area contributed by atoms with E-state index in [9.17, 15) is 0 Å². The van der Waals surface area contributed by atoms with Crippen LogP contribution in [0.1, 0.15) is 37.5 Å². The average molecular weight is 325 g/mol. The van der Waals surface area contributed by atoms with Gasteiger partial charge in [-0.15, -0.1) is 11.6 Å². The fourth-order valence-corrected chi connectivity index (χ4v) is 2.41. The van der Waals surface area contributed by atoms with E-state index in [4.69, 9.17) is 27.9 Å². The number of halogens is 2. The Hall–Kier alpha value is -1.32. The summed E-state index contributed by atoms with van der Waals surface area (Å²) < 4.78 is 5.86. The van der Waals surface area contributed by atoms with E-state index in [0.717, 1.165) is 11.3 Å². The molecule has 2 aromatic rings. The van der Waals surface area contributed by atoms with Crippen molar-refractivity contribution in [3.63, 3.8) is 0 Å². The van der Waals surface area contributed by atoms with Crippen LogP contribution in [0.2, 0.25) is 5.15 Å². The molecule has 1 aromatic heterocycles. The third-order valence-electron chi connectivity index (χ3n) is 3.23. The van der Waals surface area contributed by atoms with Gasteiger partial charge in [0.2, 0.25) is 5.88 Å². The van der Waals surface area contributed by atoms with Gasteiger partial charge in [0.1, 0.15) is 17.2 Å². The van der Waals surface area contributed by atoms with Gasteiger partial charge >= 0.3 is 0 Å². The van der Waals surface area contributed by atoms with Crippen LogP contribution in [0.15, 0.2) is 24.5 Å². The molecule has 0 saturated carbocycles. The molecular formula is C16H18Cl2N2O. The molecule has 3 nitrogen and oxygen atoms in total. The molecule has 112 valence electrons. The molecule has 1 heterocycles. The highest BCUT2D eigenvalue weighted by atomic mass is 35.5. The van der Waals surface area contributed by atoms with Crippen LogP contribution in [0.25, 0.3) is 0 Å². The molecule has 21 heavy (non-hydrogen) atoms. The number of nitrogens with zero attached hydrogens (tertiary/aromatic N) is 2. The predicted molar refractivity (Wildman–Crippen MR) is 86.6 cm³/mol. The van der Waals surface area contributed by atoms with Crippen molar-refractivity contribution < 1.29 is 4.74 Å². The zero-order chi connectivity index (χ0) is 15.6.